The second kappa shape index (κ2) is 6.17. The highest BCUT2D eigenvalue weighted by Gasteiger charge is 2.34. The zero-order chi connectivity index (χ0) is 16.5. The van der Waals surface area contributed by atoms with Gasteiger partial charge in [-0.05, 0) is 36.2 Å². The maximum Gasteiger partial charge on any atom is 0.205 e. The quantitative estimate of drug-likeness (QED) is 0.940. The summed E-state index contributed by atoms with van der Waals surface area (Å²) in [6.45, 7) is 2.30. The van der Waals surface area contributed by atoms with Crippen LogP contribution in [0.3, 0.4) is 0 Å². The zero-order valence-corrected chi connectivity index (χ0v) is 13.7. The molecule has 5 heteroatoms. The molecule has 0 saturated carbocycles. The summed E-state index contributed by atoms with van der Waals surface area (Å²) in [4.78, 5) is 9.08. The van der Waals surface area contributed by atoms with Crippen molar-refractivity contribution in [1.82, 2.24) is 0 Å². The van der Waals surface area contributed by atoms with Gasteiger partial charge in [0.1, 0.15) is 5.75 Å². The van der Waals surface area contributed by atoms with Crippen molar-refractivity contribution in [3.8, 4) is 5.75 Å². The lowest BCUT2D eigenvalue weighted by Gasteiger charge is -2.28. The molecule has 2 aromatic rings. The lowest BCUT2D eigenvalue weighted by atomic mass is 10.1. The normalized spacial score (nSPS) is 17.2. The number of β-amino-alcohol motifs (C(OH)–C–C–N with tert-alkyl or cyclic N) is 1. The van der Waals surface area contributed by atoms with Gasteiger partial charge in [0.25, 0.3) is 0 Å². The molecule has 0 fully saturated rings. The number of para-hydroxylation sites is 2. The molecule has 1 atom stereocenters. The summed E-state index contributed by atoms with van der Waals surface area (Å²) >= 11 is 0. The number of hydrogen-bond donors (Lipinski definition) is 1. The van der Waals surface area contributed by atoms with Crippen LogP contribution in [0.2, 0.25) is 0 Å². The number of methoxy groups -OCH3 is 1. The van der Waals surface area contributed by atoms with Crippen LogP contribution in [0.25, 0.3) is 0 Å². The number of fused-ring (bicyclic) bond motifs is 3. The van der Waals surface area contributed by atoms with Crippen molar-refractivity contribution in [2.24, 2.45) is 4.99 Å². The number of hydrogen-bond acceptors (Lipinski definition) is 5. The van der Waals surface area contributed by atoms with E-state index < -0.39 is 6.10 Å². The van der Waals surface area contributed by atoms with Crippen LogP contribution < -0.4 is 14.5 Å². The number of nitrogens with zero attached hydrogens (tertiary/aromatic N) is 3. The van der Waals surface area contributed by atoms with Gasteiger partial charge in [-0.3, -0.25) is 4.99 Å². The summed E-state index contributed by atoms with van der Waals surface area (Å²) in [5.74, 6) is 1.75. The summed E-state index contributed by atoms with van der Waals surface area (Å²) in [6, 6.07) is 15.9. The molecule has 5 nitrogen and oxygen atoms in total. The van der Waals surface area contributed by atoms with Gasteiger partial charge in [0, 0.05) is 13.1 Å². The average Bonchev–Trinajstić information content (AvgIpc) is 2.96. The predicted octanol–water partition coefficient (Wildman–Crippen LogP) is 2.81. The molecule has 0 saturated heterocycles. The molecule has 1 unspecified atom stereocenters. The van der Waals surface area contributed by atoms with Crippen LogP contribution in [-0.2, 0) is 0 Å². The Morgan fingerprint density at radius 2 is 1.88 bits per heavy atom. The molecule has 0 aliphatic carbocycles. The van der Waals surface area contributed by atoms with E-state index >= 15 is 0 Å². The number of aliphatic imine (C=N–C) groups is 1. The highest BCUT2D eigenvalue weighted by atomic mass is 16.5. The molecule has 24 heavy (non-hydrogen) atoms. The van der Waals surface area contributed by atoms with E-state index in [-0.39, 0.29) is 0 Å². The Morgan fingerprint density at radius 1 is 1.12 bits per heavy atom. The molecule has 0 amide bonds. The summed E-state index contributed by atoms with van der Waals surface area (Å²) in [5.41, 5.74) is 3.17. The first kappa shape index (κ1) is 15.0. The van der Waals surface area contributed by atoms with E-state index in [1.165, 1.54) is 5.69 Å². The van der Waals surface area contributed by atoms with Crippen LogP contribution in [0.15, 0.2) is 53.5 Å². The summed E-state index contributed by atoms with van der Waals surface area (Å²) in [5, 5.41) is 10.7. The van der Waals surface area contributed by atoms with Gasteiger partial charge in [0.05, 0.1) is 31.1 Å². The fourth-order valence-electron chi connectivity index (χ4n) is 3.37. The molecule has 4 rings (SSSR count). The third-order valence-electron chi connectivity index (χ3n) is 4.60. The van der Waals surface area contributed by atoms with Gasteiger partial charge in [-0.1, -0.05) is 24.3 Å². The Bertz CT molecular complexity index is 757. The molecular formula is C19H21N3O2. The molecule has 2 aromatic carbocycles. The number of guanidine groups is 1. The molecule has 2 heterocycles. The Hall–Kier alpha value is -2.53. The Balaban J connectivity index is 1.61. The number of ether oxygens (including phenoxy) is 1. The third-order valence-corrected chi connectivity index (χ3v) is 4.60. The van der Waals surface area contributed by atoms with Gasteiger partial charge >= 0.3 is 0 Å². The maximum atomic E-state index is 10.7. The zero-order valence-electron chi connectivity index (χ0n) is 13.7. The van der Waals surface area contributed by atoms with Crippen LogP contribution >= 0.6 is 0 Å². The topological polar surface area (TPSA) is 48.3 Å². The fraction of sp³-hybridized carbons (Fsp3) is 0.316. The largest absolute Gasteiger partial charge is 0.497 e. The molecule has 0 bridgehead atoms. The van der Waals surface area contributed by atoms with Gasteiger partial charge in [-0.2, -0.15) is 0 Å². The second-order valence-electron chi connectivity index (χ2n) is 6.08. The molecule has 2 aliphatic rings. The van der Waals surface area contributed by atoms with E-state index in [4.69, 9.17) is 9.73 Å². The van der Waals surface area contributed by atoms with E-state index in [1.807, 2.05) is 30.3 Å². The second-order valence-corrected chi connectivity index (χ2v) is 6.08. The first-order chi connectivity index (χ1) is 11.8. The van der Waals surface area contributed by atoms with Crippen molar-refractivity contribution < 1.29 is 9.84 Å². The minimum Gasteiger partial charge on any atom is -0.497 e. The number of benzene rings is 2. The summed E-state index contributed by atoms with van der Waals surface area (Å²) in [6.07, 6.45) is 0.473. The van der Waals surface area contributed by atoms with Crippen molar-refractivity contribution in [3.63, 3.8) is 0 Å². The Labute approximate surface area is 141 Å². The van der Waals surface area contributed by atoms with E-state index in [1.54, 1.807) is 7.11 Å². The lowest BCUT2D eigenvalue weighted by Crippen LogP contribution is -2.43. The molecule has 0 aromatic heterocycles. The predicted molar refractivity (Wildman–Crippen MR) is 96.0 cm³/mol. The highest BCUT2D eigenvalue weighted by Crippen LogP contribution is 2.39. The van der Waals surface area contributed by atoms with Crippen molar-refractivity contribution in [2.45, 2.75) is 12.5 Å². The third kappa shape index (κ3) is 2.51. The Morgan fingerprint density at radius 3 is 2.62 bits per heavy atom. The van der Waals surface area contributed by atoms with E-state index in [0.29, 0.717) is 6.54 Å². The van der Waals surface area contributed by atoms with Crippen LogP contribution in [0.1, 0.15) is 18.1 Å². The van der Waals surface area contributed by atoms with E-state index in [2.05, 4.69) is 28.0 Å². The van der Waals surface area contributed by atoms with Gasteiger partial charge < -0.3 is 19.6 Å². The smallest absolute Gasteiger partial charge is 0.205 e. The summed E-state index contributed by atoms with van der Waals surface area (Å²) < 4.78 is 5.18. The van der Waals surface area contributed by atoms with Gasteiger partial charge in [-0.25, -0.2) is 0 Å². The molecule has 2 aliphatic heterocycles. The first-order valence-corrected chi connectivity index (χ1v) is 8.28. The monoisotopic (exact) mass is 323 g/mol. The van der Waals surface area contributed by atoms with Crippen molar-refractivity contribution >= 4 is 17.3 Å². The molecular weight excluding hydrogens is 302 g/mol. The molecule has 0 spiro atoms. The maximum absolute atomic E-state index is 10.7. The molecule has 124 valence electrons. The van der Waals surface area contributed by atoms with Gasteiger partial charge in [-0.15, -0.1) is 0 Å². The highest BCUT2D eigenvalue weighted by molar-refractivity contribution is 6.16. The molecule has 0 radical (unpaired) electrons. The first-order valence-electron chi connectivity index (χ1n) is 8.28. The van der Waals surface area contributed by atoms with Crippen LogP contribution in [0, 0.1) is 0 Å². The number of anilines is 2. The lowest BCUT2D eigenvalue weighted by molar-refractivity contribution is 0.187. The number of aliphatic hydroxyl groups is 1. The van der Waals surface area contributed by atoms with Crippen LogP contribution in [0.5, 0.6) is 5.75 Å². The minimum absolute atomic E-state index is 0.485. The minimum atomic E-state index is -0.589. The van der Waals surface area contributed by atoms with Crippen molar-refractivity contribution in [3.05, 3.63) is 54.1 Å². The summed E-state index contributed by atoms with van der Waals surface area (Å²) in [7, 11) is 1.64. The Kier molecular flexibility index (Phi) is 3.86. The van der Waals surface area contributed by atoms with Crippen LogP contribution in [0.4, 0.5) is 11.4 Å². The van der Waals surface area contributed by atoms with Gasteiger partial charge in [0.2, 0.25) is 5.96 Å². The SMILES string of the molecule is COc1ccc(C(O)CN2C3=NCCCN3c3ccccc32)cc1. The number of aliphatic hydroxyl groups excluding tert-OH is 1. The fourth-order valence-corrected chi connectivity index (χ4v) is 3.37. The van der Waals surface area contributed by atoms with E-state index in [9.17, 15) is 5.11 Å². The number of rotatable bonds is 4. The van der Waals surface area contributed by atoms with Crippen molar-refractivity contribution in [1.29, 1.82) is 0 Å². The average molecular weight is 323 g/mol. The van der Waals surface area contributed by atoms with Gasteiger partial charge in [0.15, 0.2) is 0 Å². The molecule has 1 N–H and O–H groups in total. The van der Waals surface area contributed by atoms with E-state index in [0.717, 1.165) is 42.5 Å². The standard InChI is InChI=1S/C19H21N3O2/c1-24-15-9-7-14(8-10-15)18(23)13-22-17-6-3-2-5-16(17)21-12-4-11-20-19(21)22/h2-3,5-10,18,23H,4,11-13H2,1H3. The van der Waals surface area contributed by atoms with Crippen LogP contribution in [-0.4, -0.2) is 37.8 Å². The van der Waals surface area contributed by atoms with Crippen molar-refractivity contribution in [2.75, 3.05) is 36.5 Å².